The largest absolute Gasteiger partial charge is 0.459 e. The van der Waals surface area contributed by atoms with Gasteiger partial charge in [0, 0.05) is 91.9 Å². The Bertz CT molecular complexity index is 2340. The van der Waals surface area contributed by atoms with Crippen LogP contribution in [0.15, 0.2) is 106 Å². The van der Waals surface area contributed by atoms with E-state index in [4.69, 9.17) is 20.5 Å². The molecule has 2 aliphatic heterocycles. The molecular weight excluding hydrogens is 875 g/mol. The van der Waals surface area contributed by atoms with Gasteiger partial charge in [0.25, 0.3) is 6.26 Å². The van der Waals surface area contributed by atoms with Crippen LogP contribution in [0.5, 0.6) is 0 Å². The second-order valence-electron chi connectivity index (χ2n) is 17.3. The molecule has 0 radical (unpaired) electrons. The quantitative estimate of drug-likeness (QED) is 0.0656. The van der Waals surface area contributed by atoms with E-state index in [1.165, 1.54) is 65.8 Å². The van der Waals surface area contributed by atoms with E-state index in [-0.39, 0.29) is 41.2 Å². The molecule has 1 saturated heterocycles. The van der Waals surface area contributed by atoms with Crippen molar-refractivity contribution in [1.82, 2.24) is 19.7 Å². The molecule has 5 aliphatic rings. The summed E-state index contributed by atoms with van der Waals surface area (Å²) in [5.41, 5.74) is 6.24. The van der Waals surface area contributed by atoms with Crippen LogP contribution in [-0.4, -0.2) is 94.8 Å². The Labute approximate surface area is 409 Å². The summed E-state index contributed by atoms with van der Waals surface area (Å²) in [6, 6.07) is 10.3. The minimum absolute atomic E-state index is 0.0445. The zero-order chi connectivity index (χ0) is 52.5. The first-order chi connectivity index (χ1) is 32.7. The number of carbonyl (C=O) groups is 5. The molecule has 1 aromatic carbocycles. The van der Waals surface area contributed by atoms with Crippen LogP contribution in [0.2, 0.25) is 0 Å². The van der Waals surface area contributed by atoms with Gasteiger partial charge in [-0.1, -0.05) is 78.5 Å². The summed E-state index contributed by atoms with van der Waals surface area (Å²) in [6.07, 6.45) is 17.9. The van der Waals surface area contributed by atoms with Gasteiger partial charge in [0.1, 0.15) is 6.10 Å². The lowest BCUT2D eigenvalue weighted by Gasteiger charge is -2.40. The number of H-pyrrole nitrogens is 1. The van der Waals surface area contributed by atoms with Crippen molar-refractivity contribution >= 4 is 46.2 Å². The smallest absolute Gasteiger partial charge is 0.345 e. The summed E-state index contributed by atoms with van der Waals surface area (Å²) >= 11 is 0. The van der Waals surface area contributed by atoms with Crippen LogP contribution in [0.3, 0.4) is 0 Å². The molecule has 7 rings (SSSR count). The number of hydrogen-bond acceptors (Lipinski definition) is 12. The molecule has 1 N–H and O–H groups in total. The predicted molar refractivity (Wildman–Crippen MR) is 268 cm³/mol. The third-order valence-electron chi connectivity index (χ3n) is 13.0. The Morgan fingerprint density at radius 1 is 1.00 bits per heavy atom. The van der Waals surface area contributed by atoms with Crippen molar-refractivity contribution in [3.8, 4) is 18.4 Å². The number of nitrogens with zero attached hydrogens (tertiary/aromatic N) is 6. The van der Waals surface area contributed by atoms with Crippen LogP contribution in [0.25, 0.3) is 16.5 Å². The van der Waals surface area contributed by atoms with Crippen molar-refractivity contribution in [2.24, 2.45) is 22.7 Å². The van der Waals surface area contributed by atoms with E-state index in [0.717, 1.165) is 57.8 Å². The number of nitrogens with one attached hydrogen (secondary N) is 1. The molecule has 15 heteroatoms. The fourth-order valence-corrected chi connectivity index (χ4v) is 8.94. The van der Waals surface area contributed by atoms with E-state index < -0.39 is 5.97 Å². The first-order valence-electron chi connectivity index (χ1n) is 22.8. The fraction of sp³-hybridized carbons (Fsp3) is 0.444. The predicted octanol–water partition coefficient (Wildman–Crippen LogP) is 9.26. The van der Waals surface area contributed by atoms with Crippen LogP contribution in [0, 0.1) is 56.8 Å². The monoisotopic (exact) mass is 946 g/mol. The van der Waals surface area contributed by atoms with E-state index in [2.05, 4.69) is 131 Å². The van der Waals surface area contributed by atoms with Gasteiger partial charge in [-0.05, 0) is 100 Å². The van der Waals surface area contributed by atoms with Crippen LogP contribution in [0.4, 0.5) is 0 Å². The second kappa shape index (κ2) is 29.5. The topological polar surface area (TPSA) is 210 Å². The Hall–Kier alpha value is -7.28. The Morgan fingerprint density at radius 3 is 2.01 bits per heavy atom. The maximum atomic E-state index is 12.9. The van der Waals surface area contributed by atoms with Gasteiger partial charge < -0.3 is 29.0 Å². The first kappa shape index (κ1) is 59.7. The number of allylic oxidation sites excluding steroid dienone is 2. The zero-order valence-electron chi connectivity index (χ0n) is 41.8. The van der Waals surface area contributed by atoms with E-state index >= 15 is 0 Å². The number of amides is 2. The Balaban J connectivity index is 0.000000453. The summed E-state index contributed by atoms with van der Waals surface area (Å²) in [5.74, 6) is -0.191. The van der Waals surface area contributed by atoms with E-state index in [1.54, 1.807) is 24.1 Å². The highest BCUT2D eigenvalue weighted by molar-refractivity contribution is 5.99. The standard InChI is InChI=1S/C20H25N3O.C13H20O2.C6H9NO.C4H3NO2.C4H5N.C4H6O2.C3H3N/c1-4-23(5-2)20(24)14-9-16-15-7-6-8-17-19(15)13(11-21-17)10-18(16)22(3)12-14;1-5-11(14)15-10-8-9-6-7-13(10,4)12(9,2)3;1-2-7-5-3-4-6(7)8;1-2-4(6)7-3-5;1-4(2)3-5;1-3-6-4(2)5;1-2-3-4/h6-9,11,14,18,21H,4-5,10,12H2,1-3H3;5,9-10H,1,6-8H2,2-4H3;2H,1,3-5H2;2H,1H2;1H2,2H3;3H,1H2,2H3;2H,1H2/t14-,18-;9-,10?,13-;;;;;/m11...../s1. The van der Waals surface area contributed by atoms with E-state index in [9.17, 15) is 24.0 Å². The maximum Gasteiger partial charge on any atom is 0.345 e. The van der Waals surface area contributed by atoms with Gasteiger partial charge in [0.05, 0.1) is 24.3 Å². The summed E-state index contributed by atoms with van der Waals surface area (Å²) in [5, 5.41) is 24.3. The number of aromatic nitrogens is 1. The second-order valence-corrected chi connectivity index (χ2v) is 17.3. The molecule has 2 aromatic rings. The molecule has 370 valence electrons. The highest BCUT2D eigenvalue weighted by atomic mass is 16.5. The number of ether oxygens (including phenoxy) is 3. The number of likely N-dealkylation sites (tertiary alicyclic amines) is 1. The van der Waals surface area contributed by atoms with Crippen molar-refractivity contribution in [2.75, 3.05) is 33.2 Å². The first-order valence-corrected chi connectivity index (χ1v) is 22.8. The number of carbonyl (C=O) groups excluding carboxylic acids is 5. The average Bonchev–Trinajstić information content (AvgIpc) is 4.06. The molecule has 2 bridgehead atoms. The van der Waals surface area contributed by atoms with Gasteiger partial charge >= 0.3 is 17.9 Å². The van der Waals surface area contributed by atoms with Gasteiger partial charge in [0.15, 0.2) is 0 Å². The Kier molecular flexibility index (Phi) is 25.5. The average molecular weight is 946 g/mol. The molecule has 3 aliphatic carbocycles. The molecule has 69 heavy (non-hydrogen) atoms. The van der Waals surface area contributed by atoms with Crippen LogP contribution < -0.4 is 0 Å². The molecule has 1 aromatic heterocycles. The third-order valence-corrected chi connectivity index (χ3v) is 13.0. The molecule has 3 fully saturated rings. The molecule has 1 unspecified atom stereocenters. The van der Waals surface area contributed by atoms with Gasteiger partial charge in [-0.25, -0.2) is 9.59 Å². The zero-order valence-corrected chi connectivity index (χ0v) is 41.8. The molecule has 15 nitrogen and oxygen atoms in total. The van der Waals surface area contributed by atoms with Gasteiger partial charge in [-0.2, -0.15) is 10.5 Å². The molecule has 5 atom stereocenters. The minimum Gasteiger partial charge on any atom is -0.459 e. The highest BCUT2D eigenvalue weighted by Crippen LogP contribution is 2.66. The fourth-order valence-electron chi connectivity index (χ4n) is 8.94. The number of aromatic amines is 1. The van der Waals surface area contributed by atoms with Crippen LogP contribution >= 0.6 is 0 Å². The van der Waals surface area contributed by atoms with Crippen LogP contribution in [0.1, 0.15) is 91.7 Å². The maximum absolute atomic E-state index is 12.9. The van der Waals surface area contributed by atoms with Crippen molar-refractivity contribution in [2.45, 2.75) is 99.1 Å². The van der Waals surface area contributed by atoms with Gasteiger partial charge in [-0.3, -0.25) is 19.3 Å². The number of nitriles is 3. The van der Waals surface area contributed by atoms with E-state index in [1.807, 2.05) is 11.0 Å². The number of rotatable bonds is 8. The number of fused-ring (bicyclic) bond motifs is 4. The normalized spacial score (nSPS) is 21.1. The lowest BCUT2D eigenvalue weighted by molar-refractivity contribution is -0.150. The number of likely N-dealkylation sites (N-methyl/N-ethyl adjacent to an activating group) is 1. The van der Waals surface area contributed by atoms with E-state index in [0.29, 0.717) is 29.4 Å². The van der Waals surface area contributed by atoms with Gasteiger partial charge in [-0.15, -0.1) is 5.26 Å². The number of hydrogen-bond donors (Lipinski definition) is 1. The summed E-state index contributed by atoms with van der Waals surface area (Å²) < 4.78 is 13.4. The van der Waals surface area contributed by atoms with Crippen molar-refractivity contribution in [1.29, 1.82) is 15.8 Å². The highest BCUT2D eigenvalue weighted by Gasteiger charge is 2.62. The SMILES string of the molecule is C=C(C)C#N.C=CC#N.C=CC(=O)OC#N.C=CC(=O)OC1C[C@H]2CC[C@@]1(C)C2(C)C.C=CN1CCCC1=O.C=COC(C)=O.CCN(CC)C(=O)[C@@H]1C=C2c3cccc4[nH]cc(c34)C[C@H]2N(C)C1. The van der Waals surface area contributed by atoms with Gasteiger partial charge in [0.2, 0.25) is 11.8 Å². The van der Waals surface area contributed by atoms with Crippen molar-refractivity contribution < 1.29 is 38.2 Å². The summed E-state index contributed by atoms with van der Waals surface area (Å²) in [4.78, 5) is 63.7. The van der Waals surface area contributed by atoms with Crippen molar-refractivity contribution in [3.63, 3.8) is 0 Å². The molecule has 2 amide bonds. The lowest BCUT2D eigenvalue weighted by atomic mass is 9.70. The molecular formula is C54H71N7O8. The number of benzene rings is 1. The minimum atomic E-state index is -0.720. The summed E-state index contributed by atoms with van der Waals surface area (Å²) in [6.45, 7) is 36.8. The van der Waals surface area contributed by atoms with Crippen molar-refractivity contribution in [3.05, 3.63) is 117 Å². The molecule has 3 heterocycles. The third kappa shape index (κ3) is 16.8. The summed E-state index contributed by atoms with van der Waals surface area (Å²) in [7, 11) is 2.15. The van der Waals surface area contributed by atoms with Crippen LogP contribution in [-0.2, 0) is 44.6 Å². The molecule has 2 saturated carbocycles. The lowest BCUT2D eigenvalue weighted by Crippen LogP contribution is -2.47. The molecule has 0 spiro atoms. The Morgan fingerprint density at radius 2 is 1.62 bits per heavy atom. The number of esters is 3.